The average molecular weight is 282 g/mol. The second kappa shape index (κ2) is 6.36. The quantitative estimate of drug-likeness (QED) is 0.432. The van der Waals surface area contributed by atoms with Gasteiger partial charge in [-0.05, 0) is 27.7 Å². The van der Waals surface area contributed by atoms with E-state index < -0.39 is 29.9 Å². The molecule has 0 aliphatic carbocycles. The van der Waals surface area contributed by atoms with Crippen molar-refractivity contribution >= 4 is 17.9 Å². The molecule has 1 heterocycles. The predicted molar refractivity (Wildman–Crippen MR) is 69.3 cm³/mol. The molecule has 1 aliphatic rings. The van der Waals surface area contributed by atoms with Crippen LogP contribution in [0.25, 0.3) is 0 Å². The van der Waals surface area contributed by atoms with Crippen molar-refractivity contribution in [2.24, 2.45) is 5.92 Å². The van der Waals surface area contributed by atoms with Gasteiger partial charge in [0.1, 0.15) is 12.7 Å². The van der Waals surface area contributed by atoms with Crippen LogP contribution in [0.3, 0.4) is 0 Å². The summed E-state index contributed by atoms with van der Waals surface area (Å²) in [5, 5.41) is 0. The van der Waals surface area contributed by atoms with Gasteiger partial charge in [-0.3, -0.25) is 4.79 Å². The van der Waals surface area contributed by atoms with Gasteiger partial charge in [-0.2, -0.15) is 0 Å². The Hall–Kier alpha value is -2.11. The van der Waals surface area contributed by atoms with Gasteiger partial charge in [0.15, 0.2) is 0 Å². The van der Waals surface area contributed by atoms with Crippen molar-refractivity contribution < 1.29 is 28.6 Å². The molecule has 0 saturated heterocycles. The van der Waals surface area contributed by atoms with Gasteiger partial charge in [0.2, 0.25) is 5.76 Å². The zero-order valence-corrected chi connectivity index (χ0v) is 12.0. The van der Waals surface area contributed by atoms with E-state index in [4.69, 9.17) is 14.2 Å². The first-order valence-electron chi connectivity index (χ1n) is 6.20. The molecule has 0 N–H and O–H groups in total. The Morgan fingerprint density at radius 2 is 2.05 bits per heavy atom. The van der Waals surface area contributed by atoms with Crippen LogP contribution in [0.4, 0.5) is 0 Å². The van der Waals surface area contributed by atoms with Gasteiger partial charge in [0, 0.05) is 11.1 Å². The van der Waals surface area contributed by atoms with Crippen LogP contribution in [0.5, 0.6) is 0 Å². The Morgan fingerprint density at radius 1 is 1.45 bits per heavy atom. The average Bonchev–Trinajstić information content (AvgIpc) is 2.61. The molecule has 1 aliphatic heterocycles. The second-order valence-electron chi connectivity index (χ2n) is 4.76. The van der Waals surface area contributed by atoms with Crippen molar-refractivity contribution in [3.63, 3.8) is 0 Å². The molecule has 110 valence electrons. The lowest BCUT2D eigenvalue weighted by molar-refractivity contribution is -0.155. The molecular formula is C14H18O6. The molecule has 2 atom stereocenters. The number of hydrogen-bond acceptors (Lipinski definition) is 6. The lowest BCUT2D eigenvalue weighted by Crippen LogP contribution is -2.23. The summed E-state index contributed by atoms with van der Waals surface area (Å²) >= 11 is 0. The van der Waals surface area contributed by atoms with Gasteiger partial charge < -0.3 is 14.2 Å². The van der Waals surface area contributed by atoms with Crippen molar-refractivity contribution in [3.8, 4) is 0 Å². The van der Waals surface area contributed by atoms with E-state index in [9.17, 15) is 14.4 Å². The summed E-state index contributed by atoms with van der Waals surface area (Å²) in [4.78, 5) is 34.5. The minimum atomic E-state index is -0.692. The van der Waals surface area contributed by atoms with E-state index in [1.54, 1.807) is 13.8 Å². The van der Waals surface area contributed by atoms with Crippen LogP contribution in [0.2, 0.25) is 0 Å². The summed E-state index contributed by atoms with van der Waals surface area (Å²) in [6, 6.07) is 0. The monoisotopic (exact) mass is 282 g/mol. The van der Waals surface area contributed by atoms with Crippen molar-refractivity contribution in [3.05, 3.63) is 23.5 Å². The number of ether oxygens (including phenoxy) is 3. The molecule has 0 fully saturated rings. The predicted octanol–water partition coefficient (Wildman–Crippen LogP) is 1.50. The first kappa shape index (κ1) is 15.9. The van der Waals surface area contributed by atoms with Crippen LogP contribution in [0, 0.1) is 5.92 Å². The van der Waals surface area contributed by atoms with E-state index in [-0.39, 0.29) is 17.9 Å². The fourth-order valence-electron chi connectivity index (χ4n) is 1.36. The van der Waals surface area contributed by atoms with Crippen LogP contribution < -0.4 is 0 Å². The Kier molecular flexibility index (Phi) is 5.07. The van der Waals surface area contributed by atoms with Crippen LogP contribution >= 0.6 is 0 Å². The third-order valence-corrected chi connectivity index (χ3v) is 2.86. The molecule has 0 saturated carbocycles. The molecule has 0 amide bonds. The van der Waals surface area contributed by atoms with E-state index >= 15 is 0 Å². The number of carbonyl (C=O) groups is 3. The fraction of sp³-hybridized carbons (Fsp3) is 0.500. The Morgan fingerprint density at radius 3 is 2.50 bits per heavy atom. The molecule has 0 aromatic heterocycles. The van der Waals surface area contributed by atoms with Crippen molar-refractivity contribution in [2.75, 3.05) is 6.61 Å². The number of hydrogen-bond donors (Lipinski definition) is 0. The molecule has 20 heavy (non-hydrogen) atoms. The maximum Gasteiger partial charge on any atom is 0.375 e. The van der Waals surface area contributed by atoms with Crippen LogP contribution in [0.15, 0.2) is 23.5 Å². The van der Waals surface area contributed by atoms with Crippen molar-refractivity contribution in [2.45, 2.75) is 33.8 Å². The van der Waals surface area contributed by atoms with Gasteiger partial charge in [0.05, 0.1) is 5.92 Å². The van der Waals surface area contributed by atoms with Gasteiger partial charge in [0.25, 0.3) is 0 Å². The van der Waals surface area contributed by atoms with E-state index in [2.05, 4.69) is 6.58 Å². The summed E-state index contributed by atoms with van der Waals surface area (Å²) in [7, 11) is 0. The van der Waals surface area contributed by atoms with Crippen LogP contribution in [-0.4, -0.2) is 30.6 Å². The van der Waals surface area contributed by atoms with Crippen LogP contribution in [-0.2, 0) is 28.6 Å². The van der Waals surface area contributed by atoms with E-state index in [1.807, 2.05) is 0 Å². The highest BCUT2D eigenvalue weighted by Crippen LogP contribution is 2.23. The summed E-state index contributed by atoms with van der Waals surface area (Å²) in [6.45, 7) is 9.68. The molecule has 0 bridgehead atoms. The molecule has 6 nitrogen and oxygen atoms in total. The Balaban J connectivity index is 2.57. The molecule has 0 radical (unpaired) electrons. The number of rotatable bonds is 5. The van der Waals surface area contributed by atoms with E-state index in [0.29, 0.717) is 5.57 Å². The smallest absolute Gasteiger partial charge is 0.375 e. The number of esters is 3. The van der Waals surface area contributed by atoms with Crippen LogP contribution in [0.1, 0.15) is 27.7 Å². The first-order valence-corrected chi connectivity index (χ1v) is 6.20. The highest BCUT2D eigenvalue weighted by Gasteiger charge is 2.33. The van der Waals surface area contributed by atoms with Gasteiger partial charge >= 0.3 is 17.9 Å². The highest BCUT2D eigenvalue weighted by molar-refractivity contribution is 5.93. The third-order valence-electron chi connectivity index (χ3n) is 2.86. The Labute approximate surface area is 117 Å². The SMILES string of the molecule is C=C(C)C(=O)OCC(C)C(=O)OC1=C(C)C(C)OC1=O. The van der Waals surface area contributed by atoms with E-state index in [0.717, 1.165) is 0 Å². The number of cyclic esters (lactones) is 1. The summed E-state index contributed by atoms with van der Waals surface area (Å²) in [6.07, 6.45) is -0.401. The van der Waals surface area contributed by atoms with Crippen molar-refractivity contribution in [1.82, 2.24) is 0 Å². The topological polar surface area (TPSA) is 78.9 Å². The zero-order chi connectivity index (χ0) is 15.4. The normalized spacial score (nSPS) is 19.4. The summed E-state index contributed by atoms with van der Waals surface area (Å²) < 4.78 is 14.8. The van der Waals surface area contributed by atoms with Gasteiger partial charge in [-0.25, -0.2) is 9.59 Å². The lowest BCUT2D eigenvalue weighted by Gasteiger charge is -2.11. The number of carbonyl (C=O) groups excluding carboxylic acids is 3. The minimum Gasteiger partial charge on any atom is -0.461 e. The molecule has 0 spiro atoms. The zero-order valence-electron chi connectivity index (χ0n) is 12.0. The highest BCUT2D eigenvalue weighted by atomic mass is 16.6. The summed E-state index contributed by atoms with van der Waals surface area (Å²) in [5.74, 6) is -2.66. The molecule has 0 aromatic carbocycles. The molecule has 6 heteroatoms. The Bertz CT molecular complexity index is 488. The van der Waals surface area contributed by atoms with Crippen molar-refractivity contribution in [1.29, 1.82) is 0 Å². The van der Waals surface area contributed by atoms with Gasteiger partial charge in [-0.1, -0.05) is 6.58 Å². The lowest BCUT2D eigenvalue weighted by atomic mass is 10.2. The first-order chi connectivity index (χ1) is 9.23. The molecule has 2 unspecified atom stereocenters. The third kappa shape index (κ3) is 3.69. The largest absolute Gasteiger partial charge is 0.461 e. The van der Waals surface area contributed by atoms with E-state index in [1.165, 1.54) is 13.8 Å². The standard InChI is InChI=1S/C14H18O6/c1-7(2)12(15)18-6-8(3)13(16)20-11-9(4)10(5)19-14(11)17/h8,10H,1,6H2,2-5H3. The molecule has 1 rings (SSSR count). The maximum atomic E-state index is 11.8. The maximum absolute atomic E-state index is 11.8. The molecule has 0 aromatic rings. The molecular weight excluding hydrogens is 264 g/mol. The fourth-order valence-corrected chi connectivity index (χ4v) is 1.36. The second-order valence-corrected chi connectivity index (χ2v) is 4.76. The summed E-state index contributed by atoms with van der Waals surface area (Å²) in [5.41, 5.74) is 0.812. The minimum absolute atomic E-state index is 0.0828. The van der Waals surface area contributed by atoms with Gasteiger partial charge in [-0.15, -0.1) is 0 Å².